The summed E-state index contributed by atoms with van der Waals surface area (Å²) < 4.78 is 0. The molecule has 0 bridgehead atoms. The van der Waals surface area contributed by atoms with Crippen molar-refractivity contribution in [1.82, 2.24) is 20.2 Å². The highest BCUT2D eigenvalue weighted by molar-refractivity contribution is 5.93. The summed E-state index contributed by atoms with van der Waals surface area (Å²) in [6, 6.07) is 16.0. The maximum Gasteiger partial charge on any atom is 0.129 e. The van der Waals surface area contributed by atoms with E-state index in [0.717, 1.165) is 46.6 Å². The lowest BCUT2D eigenvalue weighted by atomic mass is 9.85. The van der Waals surface area contributed by atoms with Gasteiger partial charge in [0.25, 0.3) is 0 Å². The largest absolute Gasteiger partial charge is 0.385 e. The highest BCUT2D eigenvalue weighted by Crippen LogP contribution is 2.35. The molecule has 1 aliphatic rings. The second-order valence-corrected chi connectivity index (χ2v) is 7.28. The number of rotatable bonds is 3. The Balaban J connectivity index is 1.39. The molecular weight excluding hydrogens is 350 g/mol. The van der Waals surface area contributed by atoms with Crippen LogP contribution in [0.1, 0.15) is 18.4 Å². The Hall–Kier alpha value is -3.25. The smallest absolute Gasteiger partial charge is 0.129 e. The minimum absolute atomic E-state index is 0.661. The van der Waals surface area contributed by atoms with Gasteiger partial charge in [-0.05, 0) is 48.7 Å². The van der Waals surface area contributed by atoms with Crippen LogP contribution in [-0.4, -0.2) is 38.4 Å². The van der Waals surface area contributed by atoms with Gasteiger partial charge in [0.1, 0.15) is 11.5 Å². The van der Waals surface area contributed by atoms with Crippen molar-refractivity contribution in [3.05, 3.63) is 72.7 Å². The first-order valence-electron chi connectivity index (χ1n) is 9.50. The Morgan fingerprint density at radius 3 is 2.57 bits per heavy atom. The predicted molar refractivity (Wildman–Crippen MR) is 109 cm³/mol. The average molecular weight is 371 g/mol. The van der Waals surface area contributed by atoms with Gasteiger partial charge >= 0.3 is 0 Å². The first-order chi connectivity index (χ1) is 13.7. The zero-order valence-corrected chi connectivity index (χ0v) is 15.4. The molecule has 6 nitrogen and oxygen atoms in total. The molecule has 1 aromatic carbocycles. The number of aliphatic hydroxyl groups is 1. The number of nitrogens with zero attached hydrogens (tertiary/aromatic N) is 4. The standard InChI is InChI=1S/C22H21N5O/c28-22(17-6-10-23-11-7-17)8-13-27(14-9-22)20-15-16(5-12-24-20)21-18-3-1-2-4-19(18)25-26-21/h1-7,10-12,15,28H,8-9,13-14H2,(H,25,26). The Kier molecular flexibility index (Phi) is 4.06. The van der Waals surface area contributed by atoms with Crippen LogP contribution in [0, 0.1) is 0 Å². The highest BCUT2D eigenvalue weighted by atomic mass is 16.3. The van der Waals surface area contributed by atoms with Crippen LogP contribution in [0.15, 0.2) is 67.1 Å². The zero-order chi connectivity index (χ0) is 19.0. The Bertz CT molecular complexity index is 1100. The van der Waals surface area contributed by atoms with E-state index >= 15 is 0 Å². The number of nitrogens with one attached hydrogen (secondary N) is 1. The van der Waals surface area contributed by atoms with E-state index in [1.807, 2.05) is 42.6 Å². The summed E-state index contributed by atoms with van der Waals surface area (Å²) in [6.45, 7) is 1.49. The van der Waals surface area contributed by atoms with Crippen molar-refractivity contribution in [2.75, 3.05) is 18.0 Å². The lowest BCUT2D eigenvalue weighted by molar-refractivity contribution is 0.0116. The molecule has 1 fully saturated rings. The SMILES string of the molecule is OC1(c2ccncc2)CCN(c2cc(-c3n[nH]c4ccccc34)ccn2)CC1. The second kappa shape index (κ2) is 6.73. The van der Waals surface area contributed by atoms with Gasteiger partial charge in [0, 0.05) is 42.6 Å². The normalized spacial score (nSPS) is 16.4. The number of para-hydroxylation sites is 1. The van der Waals surface area contributed by atoms with Crippen molar-refractivity contribution in [3.63, 3.8) is 0 Å². The number of piperidine rings is 1. The molecule has 3 aromatic heterocycles. The number of fused-ring (bicyclic) bond motifs is 1. The maximum atomic E-state index is 11.0. The van der Waals surface area contributed by atoms with E-state index in [-0.39, 0.29) is 0 Å². The van der Waals surface area contributed by atoms with Gasteiger partial charge in [-0.1, -0.05) is 18.2 Å². The Morgan fingerprint density at radius 1 is 0.964 bits per heavy atom. The number of pyridine rings is 2. The first kappa shape index (κ1) is 16.9. The summed E-state index contributed by atoms with van der Waals surface area (Å²) in [5, 5.41) is 19.7. The summed E-state index contributed by atoms with van der Waals surface area (Å²) in [7, 11) is 0. The first-order valence-corrected chi connectivity index (χ1v) is 9.50. The number of anilines is 1. The topological polar surface area (TPSA) is 77.9 Å². The van der Waals surface area contributed by atoms with Crippen LogP contribution in [0.5, 0.6) is 0 Å². The summed E-state index contributed by atoms with van der Waals surface area (Å²) in [5.74, 6) is 0.918. The van der Waals surface area contributed by atoms with Crippen molar-refractivity contribution in [3.8, 4) is 11.3 Å². The third-order valence-corrected chi connectivity index (χ3v) is 5.62. The van der Waals surface area contributed by atoms with E-state index in [1.165, 1.54) is 0 Å². The zero-order valence-electron chi connectivity index (χ0n) is 15.4. The molecular formula is C22H21N5O. The molecule has 28 heavy (non-hydrogen) atoms. The molecule has 0 unspecified atom stereocenters. The minimum Gasteiger partial charge on any atom is -0.385 e. The van der Waals surface area contributed by atoms with Crippen LogP contribution in [-0.2, 0) is 5.60 Å². The monoisotopic (exact) mass is 371 g/mol. The fraction of sp³-hybridized carbons (Fsp3) is 0.227. The molecule has 0 spiro atoms. The summed E-state index contributed by atoms with van der Waals surface area (Å²) in [6.07, 6.45) is 6.62. The highest BCUT2D eigenvalue weighted by Gasteiger charge is 2.34. The second-order valence-electron chi connectivity index (χ2n) is 7.28. The third kappa shape index (κ3) is 2.92. The van der Waals surface area contributed by atoms with Gasteiger partial charge in [-0.3, -0.25) is 10.1 Å². The molecule has 0 amide bonds. The molecule has 1 aliphatic heterocycles. The Morgan fingerprint density at radius 2 is 1.75 bits per heavy atom. The fourth-order valence-electron chi connectivity index (χ4n) is 3.98. The van der Waals surface area contributed by atoms with Gasteiger partial charge in [0.15, 0.2) is 0 Å². The summed E-state index contributed by atoms with van der Waals surface area (Å²) in [4.78, 5) is 10.8. The Labute approximate surface area is 162 Å². The molecule has 6 heteroatoms. The number of H-pyrrole nitrogens is 1. The number of hydrogen-bond acceptors (Lipinski definition) is 5. The van der Waals surface area contributed by atoms with Crippen LogP contribution in [0.2, 0.25) is 0 Å². The quantitative estimate of drug-likeness (QED) is 0.576. The van der Waals surface area contributed by atoms with Gasteiger partial charge in [0.2, 0.25) is 0 Å². The van der Waals surface area contributed by atoms with Crippen LogP contribution in [0.3, 0.4) is 0 Å². The molecule has 5 rings (SSSR count). The van der Waals surface area contributed by atoms with Gasteiger partial charge in [-0.2, -0.15) is 5.10 Å². The van der Waals surface area contributed by atoms with Gasteiger partial charge < -0.3 is 10.0 Å². The van der Waals surface area contributed by atoms with Crippen molar-refractivity contribution >= 4 is 16.7 Å². The van der Waals surface area contributed by atoms with Crippen molar-refractivity contribution in [2.24, 2.45) is 0 Å². The molecule has 1 saturated heterocycles. The molecule has 0 atom stereocenters. The number of benzene rings is 1. The van der Waals surface area contributed by atoms with E-state index in [9.17, 15) is 5.11 Å². The van der Waals surface area contributed by atoms with Gasteiger partial charge in [0.05, 0.1) is 11.1 Å². The molecule has 4 aromatic rings. The fourth-order valence-corrected chi connectivity index (χ4v) is 3.98. The molecule has 4 heterocycles. The van der Waals surface area contributed by atoms with Gasteiger partial charge in [-0.15, -0.1) is 0 Å². The maximum absolute atomic E-state index is 11.0. The lowest BCUT2D eigenvalue weighted by Gasteiger charge is -2.39. The van der Waals surface area contributed by atoms with E-state index in [4.69, 9.17) is 0 Å². The number of aromatic nitrogens is 4. The van der Waals surface area contributed by atoms with Crippen LogP contribution < -0.4 is 4.90 Å². The third-order valence-electron chi connectivity index (χ3n) is 5.62. The number of aromatic amines is 1. The number of hydrogen-bond donors (Lipinski definition) is 2. The average Bonchev–Trinajstić information content (AvgIpc) is 3.19. The van der Waals surface area contributed by atoms with E-state index in [1.54, 1.807) is 12.4 Å². The van der Waals surface area contributed by atoms with Crippen molar-refractivity contribution in [1.29, 1.82) is 0 Å². The minimum atomic E-state index is -0.796. The molecule has 2 N–H and O–H groups in total. The van der Waals surface area contributed by atoms with Crippen LogP contribution in [0.25, 0.3) is 22.2 Å². The lowest BCUT2D eigenvalue weighted by Crippen LogP contribution is -2.43. The predicted octanol–water partition coefficient (Wildman–Crippen LogP) is 3.51. The van der Waals surface area contributed by atoms with Crippen LogP contribution in [0.4, 0.5) is 5.82 Å². The molecule has 0 radical (unpaired) electrons. The summed E-state index contributed by atoms with van der Waals surface area (Å²) in [5.41, 5.74) is 3.14. The van der Waals surface area contributed by atoms with Gasteiger partial charge in [-0.25, -0.2) is 4.98 Å². The molecule has 140 valence electrons. The molecule has 0 aliphatic carbocycles. The molecule has 0 saturated carbocycles. The van der Waals surface area contributed by atoms with Crippen molar-refractivity contribution in [2.45, 2.75) is 18.4 Å². The van der Waals surface area contributed by atoms with E-state index in [2.05, 4.69) is 37.2 Å². The van der Waals surface area contributed by atoms with E-state index < -0.39 is 5.60 Å². The summed E-state index contributed by atoms with van der Waals surface area (Å²) >= 11 is 0. The van der Waals surface area contributed by atoms with Crippen molar-refractivity contribution < 1.29 is 5.11 Å². The van der Waals surface area contributed by atoms with E-state index in [0.29, 0.717) is 12.8 Å². The van der Waals surface area contributed by atoms with Crippen LogP contribution >= 0.6 is 0 Å².